The molecule has 4 rings (SSSR count). The molecule has 0 bridgehead atoms. The predicted octanol–water partition coefficient (Wildman–Crippen LogP) is 2.57. The van der Waals surface area contributed by atoms with E-state index in [4.69, 9.17) is 4.74 Å². The van der Waals surface area contributed by atoms with E-state index in [2.05, 4.69) is 23.0 Å². The molecule has 148 valence electrons. The van der Waals surface area contributed by atoms with Crippen LogP contribution in [0.1, 0.15) is 31.2 Å². The van der Waals surface area contributed by atoms with E-state index in [9.17, 15) is 13.6 Å². The molecule has 5 nitrogen and oxygen atoms in total. The zero-order valence-corrected chi connectivity index (χ0v) is 15.7. The summed E-state index contributed by atoms with van der Waals surface area (Å²) >= 11 is 0. The van der Waals surface area contributed by atoms with Gasteiger partial charge in [-0.1, -0.05) is 6.07 Å². The van der Waals surface area contributed by atoms with Crippen LogP contribution < -0.4 is 0 Å². The Balaban J connectivity index is 1.18. The normalized spacial score (nSPS) is 26.7. The van der Waals surface area contributed by atoms with E-state index in [1.54, 1.807) is 11.1 Å². The van der Waals surface area contributed by atoms with Crippen molar-refractivity contribution < 1.29 is 18.3 Å². The van der Waals surface area contributed by atoms with Crippen molar-refractivity contribution in [3.05, 3.63) is 30.1 Å². The van der Waals surface area contributed by atoms with Crippen LogP contribution in [0.25, 0.3) is 0 Å². The molecule has 3 heterocycles. The Bertz CT molecular complexity index is 661. The lowest BCUT2D eigenvalue weighted by atomic mass is 9.77. The van der Waals surface area contributed by atoms with Crippen LogP contribution in [0.4, 0.5) is 8.78 Å². The molecule has 1 unspecified atom stereocenters. The molecule has 1 saturated carbocycles. The number of halogens is 2. The Morgan fingerprint density at radius 1 is 1.41 bits per heavy atom. The number of carbonyl (C=O) groups is 1. The van der Waals surface area contributed by atoms with Crippen molar-refractivity contribution in [3.8, 4) is 0 Å². The number of aromatic nitrogens is 1. The highest BCUT2D eigenvalue weighted by atomic mass is 19.3. The van der Waals surface area contributed by atoms with E-state index < -0.39 is 11.8 Å². The van der Waals surface area contributed by atoms with Gasteiger partial charge in [-0.05, 0) is 37.4 Å². The maximum Gasteiger partial charge on any atom is 0.249 e. The molecule has 0 aromatic carbocycles. The highest BCUT2D eigenvalue weighted by molar-refractivity contribution is 5.81. The quantitative estimate of drug-likeness (QED) is 0.789. The van der Waals surface area contributed by atoms with E-state index in [0.29, 0.717) is 25.6 Å². The lowest BCUT2D eigenvalue weighted by molar-refractivity contribution is -0.201. The predicted molar refractivity (Wildman–Crippen MR) is 96.2 cm³/mol. The lowest BCUT2D eigenvalue weighted by Crippen LogP contribution is -2.68. The van der Waals surface area contributed by atoms with E-state index in [1.807, 2.05) is 12.3 Å². The molecule has 2 saturated heterocycles. The molecule has 0 radical (unpaired) electrons. The van der Waals surface area contributed by atoms with Crippen molar-refractivity contribution in [3.63, 3.8) is 0 Å². The maximum absolute atomic E-state index is 13.0. The highest BCUT2D eigenvalue weighted by Gasteiger charge is 2.54. The third-order valence-corrected chi connectivity index (χ3v) is 6.09. The fraction of sp³-hybridized carbons (Fsp3) is 0.700. The van der Waals surface area contributed by atoms with Crippen LogP contribution in [0.2, 0.25) is 0 Å². The summed E-state index contributed by atoms with van der Waals surface area (Å²) in [7, 11) is 2.11. The van der Waals surface area contributed by atoms with Crippen LogP contribution in [0.15, 0.2) is 24.5 Å². The van der Waals surface area contributed by atoms with Gasteiger partial charge >= 0.3 is 0 Å². The van der Waals surface area contributed by atoms with Crippen LogP contribution in [0.3, 0.4) is 0 Å². The molecule has 1 amide bonds. The van der Waals surface area contributed by atoms with E-state index in [1.165, 1.54) is 5.56 Å². The summed E-state index contributed by atoms with van der Waals surface area (Å²) in [5.41, 5.74) is 0.961. The van der Waals surface area contributed by atoms with Gasteiger partial charge in [-0.3, -0.25) is 9.78 Å². The number of likely N-dealkylation sites (tertiary alicyclic amines) is 1. The molecular weight excluding hydrogens is 352 g/mol. The molecule has 7 heteroatoms. The number of alkyl halides is 2. The minimum Gasteiger partial charge on any atom is -0.371 e. The van der Waals surface area contributed by atoms with Gasteiger partial charge in [0.2, 0.25) is 11.8 Å². The first-order valence-electron chi connectivity index (χ1n) is 9.72. The average molecular weight is 379 g/mol. The Morgan fingerprint density at radius 3 is 2.78 bits per heavy atom. The van der Waals surface area contributed by atoms with Crippen molar-refractivity contribution >= 4 is 5.91 Å². The highest BCUT2D eigenvalue weighted by Crippen LogP contribution is 2.45. The van der Waals surface area contributed by atoms with Crippen LogP contribution in [-0.4, -0.2) is 65.5 Å². The first-order chi connectivity index (χ1) is 12.8. The van der Waals surface area contributed by atoms with Crippen molar-refractivity contribution in [1.29, 1.82) is 0 Å². The molecule has 1 aliphatic carbocycles. The van der Waals surface area contributed by atoms with Gasteiger partial charge in [0.05, 0.1) is 19.7 Å². The number of amides is 1. The van der Waals surface area contributed by atoms with E-state index in [-0.39, 0.29) is 24.3 Å². The van der Waals surface area contributed by atoms with Gasteiger partial charge in [0.15, 0.2) is 0 Å². The largest absolute Gasteiger partial charge is 0.371 e. The molecule has 27 heavy (non-hydrogen) atoms. The Labute approximate surface area is 158 Å². The molecule has 1 atom stereocenters. The van der Waals surface area contributed by atoms with E-state index in [0.717, 1.165) is 25.9 Å². The monoisotopic (exact) mass is 379 g/mol. The second kappa shape index (κ2) is 7.09. The second-order valence-corrected chi connectivity index (χ2v) is 8.61. The summed E-state index contributed by atoms with van der Waals surface area (Å²) < 4.78 is 32.1. The van der Waals surface area contributed by atoms with Crippen molar-refractivity contribution in [2.45, 2.75) is 43.8 Å². The van der Waals surface area contributed by atoms with Gasteiger partial charge in [-0.2, -0.15) is 0 Å². The van der Waals surface area contributed by atoms with Crippen molar-refractivity contribution in [2.75, 3.05) is 33.3 Å². The first kappa shape index (κ1) is 18.7. The maximum atomic E-state index is 13.0. The zero-order chi connectivity index (χ0) is 19.1. The van der Waals surface area contributed by atoms with Gasteiger partial charge in [0.1, 0.15) is 5.60 Å². The van der Waals surface area contributed by atoms with Gasteiger partial charge in [-0.15, -0.1) is 0 Å². The summed E-state index contributed by atoms with van der Waals surface area (Å²) in [6, 6.07) is 4.03. The van der Waals surface area contributed by atoms with Crippen LogP contribution in [0.5, 0.6) is 0 Å². The fourth-order valence-corrected chi connectivity index (χ4v) is 4.52. The number of nitrogens with zero attached hydrogens (tertiary/aromatic N) is 3. The number of pyridine rings is 1. The molecule has 2 aliphatic heterocycles. The van der Waals surface area contributed by atoms with Crippen molar-refractivity contribution in [2.24, 2.45) is 11.8 Å². The fourth-order valence-electron chi connectivity index (χ4n) is 4.52. The standard InChI is InChI=1S/C20H27F2N3O2/c1-24(10-15-3-2-6-23-9-15)11-16-4-5-19(27-12-16)13-25(14-19)18(26)17-7-20(21,22)8-17/h2-3,6,9,16-17H,4-5,7-8,10-14H2,1H3. The summed E-state index contributed by atoms with van der Waals surface area (Å²) in [5, 5.41) is 0. The van der Waals surface area contributed by atoms with Crippen molar-refractivity contribution in [1.82, 2.24) is 14.8 Å². The topological polar surface area (TPSA) is 45.7 Å². The minimum atomic E-state index is -2.64. The first-order valence-corrected chi connectivity index (χ1v) is 9.72. The second-order valence-electron chi connectivity index (χ2n) is 8.61. The molecule has 1 aromatic rings. The molecule has 1 aromatic heterocycles. The van der Waals surface area contributed by atoms with E-state index >= 15 is 0 Å². The molecule has 3 aliphatic rings. The number of carbonyl (C=O) groups excluding carboxylic acids is 1. The molecule has 3 fully saturated rings. The third kappa shape index (κ3) is 4.14. The molecular formula is C20H27F2N3O2. The van der Waals surface area contributed by atoms with Crippen LogP contribution >= 0.6 is 0 Å². The van der Waals surface area contributed by atoms with Gasteiger partial charge in [0.25, 0.3) is 0 Å². The Kier molecular flexibility index (Phi) is 4.93. The smallest absolute Gasteiger partial charge is 0.249 e. The summed E-state index contributed by atoms with van der Waals surface area (Å²) in [6.07, 6.45) is 5.09. The lowest BCUT2D eigenvalue weighted by Gasteiger charge is -2.54. The minimum absolute atomic E-state index is 0.117. The zero-order valence-electron chi connectivity index (χ0n) is 15.7. The number of hydrogen-bond donors (Lipinski definition) is 0. The van der Waals surface area contributed by atoms with Gasteiger partial charge < -0.3 is 14.5 Å². The molecule has 0 N–H and O–H groups in total. The van der Waals surface area contributed by atoms with Crippen LogP contribution in [0, 0.1) is 11.8 Å². The Morgan fingerprint density at radius 2 is 2.19 bits per heavy atom. The SMILES string of the molecule is CN(Cc1cccnc1)CC1CCC2(CN(C(=O)C3CC(F)(F)C3)C2)OC1. The molecule has 1 spiro atoms. The summed E-state index contributed by atoms with van der Waals surface area (Å²) in [6.45, 7) is 3.65. The van der Waals surface area contributed by atoms with Gasteiger partial charge in [0, 0.05) is 44.2 Å². The number of rotatable bonds is 5. The Hall–Kier alpha value is -1.60. The number of hydrogen-bond acceptors (Lipinski definition) is 4. The third-order valence-electron chi connectivity index (χ3n) is 6.09. The summed E-state index contributed by atoms with van der Waals surface area (Å²) in [4.78, 5) is 20.4. The summed E-state index contributed by atoms with van der Waals surface area (Å²) in [5.74, 6) is -2.77. The van der Waals surface area contributed by atoms with Crippen LogP contribution in [-0.2, 0) is 16.1 Å². The number of ether oxygens (including phenoxy) is 1. The van der Waals surface area contributed by atoms with Gasteiger partial charge in [-0.25, -0.2) is 8.78 Å². The average Bonchev–Trinajstić information content (AvgIpc) is 2.58.